The summed E-state index contributed by atoms with van der Waals surface area (Å²) >= 11 is 12.0. The number of hydrogen-bond donors (Lipinski definition) is 1. The molecule has 0 saturated heterocycles. The summed E-state index contributed by atoms with van der Waals surface area (Å²) in [5.41, 5.74) is 2.12. The number of anilines is 1. The van der Waals surface area contributed by atoms with E-state index in [-0.39, 0.29) is 6.04 Å². The van der Waals surface area contributed by atoms with Gasteiger partial charge >= 0.3 is 0 Å². The van der Waals surface area contributed by atoms with E-state index in [1.807, 2.05) is 42.5 Å². The zero-order valence-electron chi connectivity index (χ0n) is 9.45. The highest BCUT2D eigenvalue weighted by Crippen LogP contribution is 2.28. The zero-order valence-corrected chi connectivity index (χ0v) is 11.0. The highest BCUT2D eigenvalue weighted by molar-refractivity contribution is 6.35. The van der Waals surface area contributed by atoms with Crippen LogP contribution in [-0.4, -0.2) is 0 Å². The lowest BCUT2D eigenvalue weighted by molar-refractivity contribution is 0.885. The standard InChI is InChI=1S/C14H13Cl2N/c1-10(17-12-5-3-2-4-6-12)13-8-7-11(15)9-14(13)16/h2-10,17H,1H3/t10-/m1/s1. The Bertz CT molecular complexity index is 497. The first-order valence-corrected chi connectivity index (χ1v) is 6.19. The smallest absolute Gasteiger partial charge is 0.0500 e. The molecule has 0 spiro atoms. The van der Waals surface area contributed by atoms with Gasteiger partial charge in [-0.05, 0) is 36.8 Å². The molecule has 1 nitrogen and oxygen atoms in total. The molecule has 0 aromatic heterocycles. The van der Waals surface area contributed by atoms with Crippen molar-refractivity contribution in [2.24, 2.45) is 0 Å². The predicted octanol–water partition coefficient (Wildman–Crippen LogP) is 5.17. The van der Waals surface area contributed by atoms with Crippen LogP contribution in [0.2, 0.25) is 10.0 Å². The summed E-state index contributed by atoms with van der Waals surface area (Å²) in [6, 6.07) is 15.8. The van der Waals surface area contributed by atoms with E-state index in [0.29, 0.717) is 10.0 Å². The maximum absolute atomic E-state index is 6.17. The summed E-state index contributed by atoms with van der Waals surface area (Å²) in [6.07, 6.45) is 0. The molecule has 0 amide bonds. The molecular weight excluding hydrogens is 253 g/mol. The van der Waals surface area contributed by atoms with Crippen molar-refractivity contribution in [2.75, 3.05) is 5.32 Å². The van der Waals surface area contributed by atoms with E-state index in [0.717, 1.165) is 11.3 Å². The summed E-state index contributed by atoms with van der Waals surface area (Å²) in [5.74, 6) is 0. The third-order valence-electron chi connectivity index (χ3n) is 2.59. The van der Waals surface area contributed by atoms with Crippen molar-refractivity contribution < 1.29 is 0 Å². The summed E-state index contributed by atoms with van der Waals surface area (Å²) in [6.45, 7) is 2.07. The Hall–Kier alpha value is -1.18. The van der Waals surface area contributed by atoms with Crippen LogP contribution in [0.4, 0.5) is 5.69 Å². The number of hydrogen-bond acceptors (Lipinski definition) is 1. The quantitative estimate of drug-likeness (QED) is 0.808. The highest BCUT2D eigenvalue weighted by atomic mass is 35.5. The molecular formula is C14H13Cl2N. The fraction of sp³-hybridized carbons (Fsp3) is 0.143. The minimum absolute atomic E-state index is 0.141. The second kappa shape index (κ2) is 5.44. The summed E-state index contributed by atoms with van der Waals surface area (Å²) < 4.78 is 0. The van der Waals surface area contributed by atoms with Crippen LogP contribution in [0.1, 0.15) is 18.5 Å². The van der Waals surface area contributed by atoms with Gasteiger partial charge in [-0.3, -0.25) is 0 Å². The second-order valence-corrected chi connectivity index (χ2v) is 4.74. The van der Waals surface area contributed by atoms with E-state index in [4.69, 9.17) is 23.2 Å². The van der Waals surface area contributed by atoms with Crippen LogP contribution in [0, 0.1) is 0 Å². The third kappa shape index (κ3) is 3.15. The van der Waals surface area contributed by atoms with E-state index in [1.54, 1.807) is 6.07 Å². The van der Waals surface area contributed by atoms with Crippen molar-refractivity contribution in [3.63, 3.8) is 0 Å². The summed E-state index contributed by atoms with van der Waals surface area (Å²) in [7, 11) is 0. The van der Waals surface area contributed by atoms with Crippen LogP contribution in [0.15, 0.2) is 48.5 Å². The summed E-state index contributed by atoms with van der Waals surface area (Å²) in [4.78, 5) is 0. The van der Waals surface area contributed by atoms with Gasteiger partial charge in [0.25, 0.3) is 0 Å². The number of para-hydroxylation sites is 1. The first-order valence-electron chi connectivity index (χ1n) is 5.43. The molecule has 0 radical (unpaired) electrons. The van der Waals surface area contributed by atoms with Crippen molar-refractivity contribution in [3.05, 3.63) is 64.1 Å². The van der Waals surface area contributed by atoms with E-state index in [9.17, 15) is 0 Å². The van der Waals surface area contributed by atoms with E-state index in [1.165, 1.54) is 0 Å². The molecule has 0 unspecified atom stereocenters. The average molecular weight is 266 g/mol. The highest BCUT2D eigenvalue weighted by Gasteiger charge is 2.09. The molecule has 88 valence electrons. The number of halogens is 2. The van der Waals surface area contributed by atoms with Gasteiger partial charge in [0, 0.05) is 21.8 Å². The molecule has 17 heavy (non-hydrogen) atoms. The van der Waals surface area contributed by atoms with Crippen LogP contribution >= 0.6 is 23.2 Å². The fourth-order valence-corrected chi connectivity index (χ4v) is 2.29. The molecule has 0 fully saturated rings. The molecule has 1 atom stereocenters. The lowest BCUT2D eigenvalue weighted by Gasteiger charge is -2.17. The van der Waals surface area contributed by atoms with Gasteiger partial charge in [0.1, 0.15) is 0 Å². The second-order valence-electron chi connectivity index (χ2n) is 3.90. The molecule has 2 aromatic carbocycles. The first kappa shape index (κ1) is 12.3. The molecule has 0 aliphatic rings. The van der Waals surface area contributed by atoms with E-state index < -0.39 is 0 Å². The van der Waals surface area contributed by atoms with Crippen molar-refractivity contribution in [3.8, 4) is 0 Å². The van der Waals surface area contributed by atoms with Crippen LogP contribution < -0.4 is 5.32 Å². The third-order valence-corrected chi connectivity index (χ3v) is 3.15. The topological polar surface area (TPSA) is 12.0 Å². The summed E-state index contributed by atoms with van der Waals surface area (Å²) in [5, 5.41) is 4.74. The van der Waals surface area contributed by atoms with Crippen molar-refractivity contribution in [2.45, 2.75) is 13.0 Å². The maximum atomic E-state index is 6.17. The van der Waals surface area contributed by atoms with Gasteiger partial charge in [-0.25, -0.2) is 0 Å². The Balaban J connectivity index is 2.17. The normalized spacial score (nSPS) is 12.2. The Labute approximate surface area is 111 Å². The Morgan fingerprint density at radius 2 is 1.71 bits per heavy atom. The lowest BCUT2D eigenvalue weighted by atomic mass is 10.1. The van der Waals surface area contributed by atoms with E-state index in [2.05, 4.69) is 12.2 Å². The molecule has 2 aromatic rings. The molecule has 0 saturated carbocycles. The number of benzene rings is 2. The van der Waals surface area contributed by atoms with Crippen molar-refractivity contribution in [1.82, 2.24) is 0 Å². The maximum Gasteiger partial charge on any atom is 0.0500 e. The first-order chi connectivity index (χ1) is 8.16. The fourth-order valence-electron chi connectivity index (χ4n) is 1.71. The molecule has 0 bridgehead atoms. The number of nitrogens with one attached hydrogen (secondary N) is 1. The van der Waals surface area contributed by atoms with Crippen LogP contribution in [-0.2, 0) is 0 Å². The van der Waals surface area contributed by atoms with Gasteiger partial charge in [-0.1, -0.05) is 47.5 Å². The molecule has 1 N–H and O–H groups in total. The Morgan fingerprint density at radius 1 is 1.00 bits per heavy atom. The van der Waals surface area contributed by atoms with Gasteiger partial charge in [0.2, 0.25) is 0 Å². The van der Waals surface area contributed by atoms with Gasteiger partial charge in [0.15, 0.2) is 0 Å². The van der Waals surface area contributed by atoms with E-state index >= 15 is 0 Å². The van der Waals surface area contributed by atoms with Crippen LogP contribution in [0.5, 0.6) is 0 Å². The van der Waals surface area contributed by atoms with Crippen LogP contribution in [0.3, 0.4) is 0 Å². The SMILES string of the molecule is C[C@@H](Nc1ccccc1)c1ccc(Cl)cc1Cl. The molecule has 0 aliphatic carbocycles. The minimum atomic E-state index is 0.141. The molecule has 3 heteroatoms. The predicted molar refractivity (Wildman–Crippen MR) is 74.9 cm³/mol. The minimum Gasteiger partial charge on any atom is -0.378 e. The largest absolute Gasteiger partial charge is 0.378 e. The molecule has 0 heterocycles. The molecule has 2 rings (SSSR count). The number of rotatable bonds is 3. The van der Waals surface area contributed by atoms with Crippen LogP contribution in [0.25, 0.3) is 0 Å². The van der Waals surface area contributed by atoms with Gasteiger partial charge in [-0.2, -0.15) is 0 Å². The lowest BCUT2D eigenvalue weighted by Crippen LogP contribution is -2.06. The molecule has 0 aliphatic heterocycles. The van der Waals surface area contributed by atoms with Gasteiger partial charge in [-0.15, -0.1) is 0 Å². The van der Waals surface area contributed by atoms with Crippen molar-refractivity contribution >= 4 is 28.9 Å². The van der Waals surface area contributed by atoms with Gasteiger partial charge < -0.3 is 5.32 Å². The monoisotopic (exact) mass is 265 g/mol. The van der Waals surface area contributed by atoms with Gasteiger partial charge in [0.05, 0.1) is 0 Å². The Kier molecular flexibility index (Phi) is 3.93. The average Bonchev–Trinajstić information content (AvgIpc) is 2.30. The Morgan fingerprint density at radius 3 is 2.35 bits per heavy atom. The zero-order chi connectivity index (χ0) is 12.3. The van der Waals surface area contributed by atoms with Crippen molar-refractivity contribution in [1.29, 1.82) is 0 Å².